The van der Waals surface area contributed by atoms with Crippen LogP contribution in [0.3, 0.4) is 0 Å². The maximum atomic E-state index is 5.07. The third-order valence-corrected chi connectivity index (χ3v) is 3.28. The van der Waals surface area contributed by atoms with Crippen LogP contribution < -0.4 is 5.32 Å². The molecule has 0 saturated heterocycles. The molecule has 1 unspecified atom stereocenters. The number of nitrogens with zero attached hydrogens (tertiary/aromatic N) is 1. The Kier molecular flexibility index (Phi) is 3.88. The van der Waals surface area contributed by atoms with Gasteiger partial charge in [-0.2, -0.15) is 0 Å². The van der Waals surface area contributed by atoms with E-state index in [1.807, 2.05) is 12.3 Å². The van der Waals surface area contributed by atoms with Gasteiger partial charge in [0.1, 0.15) is 0 Å². The summed E-state index contributed by atoms with van der Waals surface area (Å²) in [5, 5.41) is 5.47. The van der Waals surface area contributed by atoms with E-state index in [-0.39, 0.29) is 0 Å². The van der Waals surface area contributed by atoms with Crippen LogP contribution >= 0.6 is 11.3 Å². The highest BCUT2D eigenvalue weighted by molar-refractivity contribution is 7.17. The maximum Gasteiger partial charge on any atom is 0.0809 e. The van der Waals surface area contributed by atoms with E-state index in [9.17, 15) is 0 Å². The zero-order valence-corrected chi connectivity index (χ0v) is 10.4. The first-order valence-corrected chi connectivity index (χ1v) is 6.22. The fraction of sp³-hybridized carbons (Fsp3) is 0.417. The number of ether oxygens (including phenoxy) is 1. The Morgan fingerprint density at radius 3 is 3.25 bits per heavy atom. The number of aromatic nitrogens is 1. The van der Waals surface area contributed by atoms with Crippen molar-refractivity contribution in [2.75, 3.05) is 13.7 Å². The number of rotatable bonds is 5. The highest BCUT2D eigenvalue weighted by atomic mass is 32.1. The van der Waals surface area contributed by atoms with Crippen LogP contribution in [0.25, 0.3) is 10.2 Å². The molecule has 0 amide bonds. The molecule has 1 N–H and O–H groups in total. The lowest BCUT2D eigenvalue weighted by atomic mass is 10.2. The molecule has 2 aromatic rings. The topological polar surface area (TPSA) is 34.1 Å². The summed E-state index contributed by atoms with van der Waals surface area (Å²) in [6, 6.07) is 4.61. The summed E-state index contributed by atoms with van der Waals surface area (Å²) in [4.78, 5) is 4.40. The molecule has 0 spiro atoms. The average Bonchev–Trinajstić information content (AvgIpc) is 2.74. The van der Waals surface area contributed by atoms with Gasteiger partial charge in [0, 0.05) is 25.9 Å². The molecule has 3 nitrogen and oxygen atoms in total. The molecule has 16 heavy (non-hydrogen) atoms. The van der Waals surface area contributed by atoms with Gasteiger partial charge in [-0.3, -0.25) is 4.98 Å². The van der Waals surface area contributed by atoms with Crippen LogP contribution in [-0.4, -0.2) is 24.7 Å². The molecule has 2 aromatic heterocycles. The second-order valence-electron chi connectivity index (χ2n) is 3.88. The quantitative estimate of drug-likeness (QED) is 0.865. The van der Waals surface area contributed by atoms with E-state index in [1.165, 1.54) is 10.3 Å². The van der Waals surface area contributed by atoms with Crippen molar-refractivity contribution >= 4 is 21.6 Å². The molecule has 0 aliphatic heterocycles. The van der Waals surface area contributed by atoms with Crippen LogP contribution in [0.4, 0.5) is 0 Å². The zero-order valence-electron chi connectivity index (χ0n) is 9.56. The number of hydrogen-bond donors (Lipinski definition) is 1. The summed E-state index contributed by atoms with van der Waals surface area (Å²) in [5.41, 5.74) is 2.30. The monoisotopic (exact) mass is 236 g/mol. The van der Waals surface area contributed by atoms with Gasteiger partial charge in [-0.05, 0) is 30.0 Å². The minimum absolute atomic E-state index is 0.365. The van der Waals surface area contributed by atoms with E-state index in [4.69, 9.17) is 4.74 Å². The molecule has 0 aromatic carbocycles. The summed E-state index contributed by atoms with van der Waals surface area (Å²) >= 11 is 1.73. The molecule has 0 aliphatic rings. The third-order valence-electron chi connectivity index (χ3n) is 2.43. The molecule has 0 bridgehead atoms. The molecule has 2 rings (SSSR count). The summed E-state index contributed by atoms with van der Waals surface area (Å²) < 4.78 is 6.32. The smallest absolute Gasteiger partial charge is 0.0809 e. The number of nitrogens with one attached hydrogen (secondary N) is 1. The lowest BCUT2D eigenvalue weighted by Crippen LogP contribution is -2.29. The lowest BCUT2D eigenvalue weighted by molar-refractivity contribution is 0.171. The summed E-state index contributed by atoms with van der Waals surface area (Å²) in [7, 11) is 1.72. The molecule has 2 heterocycles. The molecule has 4 heteroatoms. The van der Waals surface area contributed by atoms with Crippen molar-refractivity contribution in [1.29, 1.82) is 0 Å². The first-order chi connectivity index (χ1) is 7.79. The lowest BCUT2D eigenvalue weighted by Gasteiger charge is -2.12. The average molecular weight is 236 g/mol. The molecule has 0 radical (unpaired) electrons. The van der Waals surface area contributed by atoms with Crippen molar-refractivity contribution in [3.8, 4) is 0 Å². The molecule has 0 fully saturated rings. The standard InChI is InChI=1S/C12H16N2OS/c1-9(8-15-2)13-6-10-5-12-11(14-7-10)3-4-16-12/h3-5,7,9,13H,6,8H2,1-2H3. The van der Waals surface area contributed by atoms with Crippen molar-refractivity contribution in [3.63, 3.8) is 0 Å². The van der Waals surface area contributed by atoms with Crippen LogP contribution in [-0.2, 0) is 11.3 Å². The molecule has 1 atom stereocenters. The van der Waals surface area contributed by atoms with Crippen LogP contribution in [0.5, 0.6) is 0 Å². The summed E-state index contributed by atoms with van der Waals surface area (Å²) in [6.07, 6.45) is 1.93. The normalized spacial score (nSPS) is 13.1. The van der Waals surface area contributed by atoms with E-state index in [0.29, 0.717) is 6.04 Å². The SMILES string of the molecule is COCC(C)NCc1cnc2ccsc2c1. The first-order valence-electron chi connectivity index (χ1n) is 5.34. The van der Waals surface area contributed by atoms with Crippen molar-refractivity contribution in [3.05, 3.63) is 29.3 Å². The predicted molar refractivity (Wildman–Crippen MR) is 67.8 cm³/mol. The molecule has 86 valence electrons. The van der Waals surface area contributed by atoms with Crippen LogP contribution in [0, 0.1) is 0 Å². The van der Waals surface area contributed by atoms with Gasteiger partial charge in [-0.15, -0.1) is 11.3 Å². The number of thiophene rings is 1. The van der Waals surface area contributed by atoms with E-state index >= 15 is 0 Å². The Bertz CT molecular complexity index is 455. The van der Waals surface area contributed by atoms with Crippen LogP contribution in [0.2, 0.25) is 0 Å². The third kappa shape index (κ3) is 2.78. The maximum absolute atomic E-state index is 5.07. The Morgan fingerprint density at radius 1 is 1.56 bits per heavy atom. The number of fused-ring (bicyclic) bond motifs is 1. The van der Waals surface area contributed by atoms with Gasteiger partial charge in [0.25, 0.3) is 0 Å². The first kappa shape index (κ1) is 11.5. The Morgan fingerprint density at radius 2 is 2.44 bits per heavy atom. The molecular weight excluding hydrogens is 220 g/mol. The second kappa shape index (κ2) is 5.39. The number of hydrogen-bond acceptors (Lipinski definition) is 4. The summed E-state index contributed by atoms with van der Waals surface area (Å²) in [5.74, 6) is 0. The minimum atomic E-state index is 0.365. The van der Waals surface area contributed by atoms with Gasteiger partial charge in [0.05, 0.1) is 16.8 Å². The number of pyridine rings is 1. The second-order valence-corrected chi connectivity index (χ2v) is 4.83. The largest absolute Gasteiger partial charge is 0.383 e. The van der Waals surface area contributed by atoms with Crippen LogP contribution in [0.1, 0.15) is 12.5 Å². The van der Waals surface area contributed by atoms with Crippen LogP contribution in [0.15, 0.2) is 23.7 Å². The Labute approximate surface area is 99.5 Å². The summed E-state index contributed by atoms with van der Waals surface area (Å²) in [6.45, 7) is 3.68. The van der Waals surface area contributed by atoms with Crippen molar-refractivity contribution in [1.82, 2.24) is 10.3 Å². The Hall–Kier alpha value is -0.970. The highest BCUT2D eigenvalue weighted by Gasteiger charge is 2.02. The van der Waals surface area contributed by atoms with E-state index < -0.39 is 0 Å². The Balaban J connectivity index is 1.98. The van der Waals surface area contributed by atoms with Gasteiger partial charge < -0.3 is 10.1 Å². The number of methoxy groups -OCH3 is 1. The molecule has 0 aliphatic carbocycles. The van der Waals surface area contributed by atoms with Gasteiger partial charge in [0.2, 0.25) is 0 Å². The van der Waals surface area contributed by atoms with Crippen molar-refractivity contribution in [2.45, 2.75) is 19.5 Å². The van der Waals surface area contributed by atoms with Crippen molar-refractivity contribution < 1.29 is 4.74 Å². The van der Waals surface area contributed by atoms with Gasteiger partial charge in [-0.25, -0.2) is 0 Å². The van der Waals surface area contributed by atoms with Gasteiger partial charge in [-0.1, -0.05) is 0 Å². The van der Waals surface area contributed by atoms with Gasteiger partial charge >= 0.3 is 0 Å². The molecule has 0 saturated carbocycles. The van der Waals surface area contributed by atoms with Crippen molar-refractivity contribution in [2.24, 2.45) is 0 Å². The molecular formula is C12H16N2OS. The minimum Gasteiger partial charge on any atom is -0.383 e. The van der Waals surface area contributed by atoms with E-state index in [2.05, 4.69) is 28.7 Å². The van der Waals surface area contributed by atoms with Gasteiger partial charge in [0.15, 0.2) is 0 Å². The zero-order chi connectivity index (χ0) is 11.4. The van der Waals surface area contributed by atoms with E-state index in [0.717, 1.165) is 18.7 Å². The fourth-order valence-corrected chi connectivity index (χ4v) is 2.39. The fourth-order valence-electron chi connectivity index (χ4n) is 1.58. The van der Waals surface area contributed by atoms with E-state index in [1.54, 1.807) is 18.4 Å². The highest BCUT2D eigenvalue weighted by Crippen LogP contribution is 2.19. The predicted octanol–water partition coefficient (Wildman–Crippen LogP) is 2.42.